The van der Waals surface area contributed by atoms with Gasteiger partial charge in [-0.1, -0.05) is 54.1 Å². The van der Waals surface area contributed by atoms with E-state index in [1.807, 2.05) is 36.4 Å². The molecule has 0 aliphatic rings. The molecule has 1 heterocycles. The van der Waals surface area contributed by atoms with E-state index in [9.17, 15) is 9.18 Å². The Morgan fingerprint density at radius 2 is 1.73 bits per heavy atom. The molecule has 0 aliphatic carbocycles. The van der Waals surface area contributed by atoms with Crippen molar-refractivity contribution < 1.29 is 9.18 Å². The van der Waals surface area contributed by atoms with Crippen molar-refractivity contribution in [3.8, 4) is 11.3 Å². The van der Waals surface area contributed by atoms with Crippen LogP contribution in [0.15, 0.2) is 77.7 Å². The Balaban J connectivity index is 1.42. The molecule has 4 aromatic rings. The summed E-state index contributed by atoms with van der Waals surface area (Å²) in [5.74, 6) is 0.363. The summed E-state index contributed by atoms with van der Waals surface area (Å²) < 4.78 is 13.0. The van der Waals surface area contributed by atoms with E-state index in [1.165, 1.54) is 12.1 Å². The van der Waals surface area contributed by atoms with Crippen molar-refractivity contribution in [1.29, 1.82) is 0 Å². The Morgan fingerprint density at radius 1 is 1.00 bits per heavy atom. The maximum absolute atomic E-state index is 13.0. The number of hydrogen-bond acceptors (Lipinski definition) is 2. The lowest BCUT2D eigenvalue weighted by Crippen LogP contribution is -2.27. The van der Waals surface area contributed by atoms with Gasteiger partial charge in [-0.15, -0.1) is 11.8 Å². The summed E-state index contributed by atoms with van der Waals surface area (Å²) in [5, 5.41) is 4.80. The molecule has 3 aromatic carbocycles. The van der Waals surface area contributed by atoms with E-state index in [-0.39, 0.29) is 18.1 Å². The maximum atomic E-state index is 13.0. The van der Waals surface area contributed by atoms with E-state index in [0.29, 0.717) is 11.6 Å². The number of aromatic amines is 1. The minimum atomic E-state index is -0.300. The van der Waals surface area contributed by atoms with Gasteiger partial charge >= 0.3 is 0 Å². The average molecular weight is 439 g/mol. The zero-order valence-corrected chi connectivity index (χ0v) is 17.7. The summed E-state index contributed by atoms with van der Waals surface area (Å²) >= 11 is 7.75. The quantitative estimate of drug-likeness (QED) is 0.271. The van der Waals surface area contributed by atoms with Gasteiger partial charge in [0.25, 0.3) is 0 Å². The number of halogens is 2. The smallest absolute Gasteiger partial charge is 0.224 e. The van der Waals surface area contributed by atoms with Crippen LogP contribution in [0.25, 0.3) is 22.2 Å². The minimum Gasteiger partial charge on any atom is -0.355 e. The molecule has 152 valence electrons. The average Bonchev–Trinajstić information content (AvgIpc) is 3.12. The second-order valence-electron chi connectivity index (χ2n) is 6.88. The highest BCUT2D eigenvalue weighted by molar-refractivity contribution is 7.99. The third-order valence-electron chi connectivity index (χ3n) is 4.74. The van der Waals surface area contributed by atoms with Crippen LogP contribution in [0.5, 0.6) is 0 Å². The Hall–Kier alpha value is -2.76. The standard InChI is InChI=1S/C24H20ClFN2OS/c25-18-9-7-17(8-10-18)23-24(20-3-1-2-4-21(20)28-23)30-14-13-27-22(29)15-16-5-11-19(26)12-6-16/h1-12,28H,13-15H2,(H,27,29). The van der Waals surface area contributed by atoms with Gasteiger partial charge < -0.3 is 10.3 Å². The van der Waals surface area contributed by atoms with Crippen LogP contribution in [0.3, 0.4) is 0 Å². The van der Waals surface area contributed by atoms with E-state index in [1.54, 1.807) is 23.9 Å². The Bertz CT molecular complexity index is 1160. The molecule has 30 heavy (non-hydrogen) atoms. The van der Waals surface area contributed by atoms with Gasteiger partial charge in [0.2, 0.25) is 5.91 Å². The van der Waals surface area contributed by atoms with Gasteiger partial charge in [0.05, 0.1) is 12.1 Å². The van der Waals surface area contributed by atoms with Gasteiger partial charge in [0.15, 0.2) is 0 Å². The lowest BCUT2D eigenvalue weighted by atomic mass is 10.1. The van der Waals surface area contributed by atoms with Crippen molar-refractivity contribution in [1.82, 2.24) is 10.3 Å². The lowest BCUT2D eigenvalue weighted by Gasteiger charge is -2.07. The molecule has 0 spiro atoms. The Labute approximate surface area is 183 Å². The number of nitrogens with one attached hydrogen (secondary N) is 2. The summed E-state index contributed by atoms with van der Waals surface area (Å²) in [7, 11) is 0. The highest BCUT2D eigenvalue weighted by Crippen LogP contribution is 2.37. The van der Waals surface area contributed by atoms with Crippen LogP contribution in [0.1, 0.15) is 5.56 Å². The largest absolute Gasteiger partial charge is 0.355 e. The van der Waals surface area contributed by atoms with Gasteiger partial charge in [0, 0.05) is 33.1 Å². The van der Waals surface area contributed by atoms with Crippen molar-refractivity contribution in [3.05, 3.63) is 89.2 Å². The van der Waals surface area contributed by atoms with Gasteiger partial charge in [-0.3, -0.25) is 4.79 Å². The lowest BCUT2D eigenvalue weighted by molar-refractivity contribution is -0.120. The van der Waals surface area contributed by atoms with Crippen molar-refractivity contribution >= 4 is 40.2 Å². The number of carbonyl (C=O) groups is 1. The number of hydrogen-bond donors (Lipinski definition) is 2. The number of H-pyrrole nitrogens is 1. The topological polar surface area (TPSA) is 44.9 Å². The first-order chi connectivity index (χ1) is 14.6. The van der Waals surface area contributed by atoms with E-state index >= 15 is 0 Å². The number of thioether (sulfide) groups is 1. The minimum absolute atomic E-state index is 0.0703. The molecule has 3 nitrogen and oxygen atoms in total. The van der Waals surface area contributed by atoms with Crippen LogP contribution in [-0.2, 0) is 11.2 Å². The molecular weight excluding hydrogens is 419 g/mol. The molecule has 6 heteroatoms. The second kappa shape index (κ2) is 9.37. The van der Waals surface area contributed by atoms with Gasteiger partial charge in [-0.25, -0.2) is 4.39 Å². The molecule has 1 aromatic heterocycles. The summed E-state index contributed by atoms with van der Waals surface area (Å²) in [6.07, 6.45) is 0.244. The number of para-hydroxylation sites is 1. The molecule has 2 N–H and O–H groups in total. The zero-order valence-electron chi connectivity index (χ0n) is 16.1. The fraction of sp³-hybridized carbons (Fsp3) is 0.125. The first-order valence-corrected chi connectivity index (χ1v) is 11.0. The van der Waals surface area contributed by atoms with E-state index in [0.717, 1.165) is 38.4 Å². The number of rotatable bonds is 7. The highest BCUT2D eigenvalue weighted by atomic mass is 35.5. The molecule has 0 radical (unpaired) electrons. The first kappa shape index (κ1) is 20.5. The predicted octanol–water partition coefficient (Wildman–Crippen LogP) is 6.08. The van der Waals surface area contributed by atoms with Crippen molar-refractivity contribution in [2.75, 3.05) is 12.3 Å². The van der Waals surface area contributed by atoms with Crippen molar-refractivity contribution in [2.45, 2.75) is 11.3 Å². The molecule has 0 unspecified atom stereocenters. The monoisotopic (exact) mass is 438 g/mol. The molecule has 0 saturated heterocycles. The number of amides is 1. The van der Waals surface area contributed by atoms with E-state index in [4.69, 9.17) is 11.6 Å². The fourth-order valence-electron chi connectivity index (χ4n) is 3.28. The van der Waals surface area contributed by atoms with E-state index in [2.05, 4.69) is 22.4 Å². The third kappa shape index (κ3) is 4.86. The summed E-state index contributed by atoms with van der Waals surface area (Å²) in [6.45, 7) is 0.546. The zero-order chi connectivity index (χ0) is 20.9. The summed E-state index contributed by atoms with van der Waals surface area (Å²) in [4.78, 5) is 16.8. The summed E-state index contributed by atoms with van der Waals surface area (Å²) in [5.41, 5.74) is 3.99. The molecular formula is C24H20ClFN2OS. The number of fused-ring (bicyclic) bond motifs is 1. The maximum Gasteiger partial charge on any atom is 0.224 e. The van der Waals surface area contributed by atoms with Gasteiger partial charge in [-0.2, -0.15) is 0 Å². The van der Waals surface area contributed by atoms with Crippen LogP contribution in [-0.4, -0.2) is 23.2 Å². The molecule has 0 fully saturated rings. The van der Waals surface area contributed by atoms with Crippen LogP contribution in [0, 0.1) is 5.82 Å². The second-order valence-corrected chi connectivity index (χ2v) is 8.42. The summed E-state index contributed by atoms with van der Waals surface area (Å²) in [6, 6.07) is 22.0. The van der Waals surface area contributed by atoms with Gasteiger partial charge in [0.1, 0.15) is 5.82 Å². The number of carbonyl (C=O) groups excluding carboxylic acids is 1. The fourth-order valence-corrected chi connectivity index (χ4v) is 4.46. The number of aromatic nitrogens is 1. The normalized spacial score (nSPS) is 11.0. The molecule has 0 aliphatic heterocycles. The molecule has 0 bridgehead atoms. The molecule has 4 rings (SSSR count). The van der Waals surface area contributed by atoms with Crippen LogP contribution >= 0.6 is 23.4 Å². The predicted molar refractivity (Wildman–Crippen MR) is 123 cm³/mol. The molecule has 0 atom stereocenters. The van der Waals surface area contributed by atoms with Crippen molar-refractivity contribution in [2.24, 2.45) is 0 Å². The van der Waals surface area contributed by atoms with Gasteiger partial charge in [-0.05, 0) is 41.5 Å². The van der Waals surface area contributed by atoms with Crippen LogP contribution in [0.2, 0.25) is 5.02 Å². The molecule has 0 saturated carbocycles. The third-order valence-corrected chi connectivity index (χ3v) is 6.11. The molecule has 1 amide bonds. The highest BCUT2D eigenvalue weighted by Gasteiger charge is 2.13. The number of benzene rings is 3. The first-order valence-electron chi connectivity index (χ1n) is 9.61. The van der Waals surface area contributed by atoms with Crippen LogP contribution in [0.4, 0.5) is 4.39 Å². The van der Waals surface area contributed by atoms with Crippen molar-refractivity contribution in [3.63, 3.8) is 0 Å². The Morgan fingerprint density at radius 3 is 2.50 bits per heavy atom. The Kier molecular flexibility index (Phi) is 6.41. The van der Waals surface area contributed by atoms with E-state index < -0.39 is 0 Å². The van der Waals surface area contributed by atoms with Crippen LogP contribution < -0.4 is 5.32 Å². The SMILES string of the molecule is O=C(Cc1ccc(F)cc1)NCCSc1c(-c2ccc(Cl)cc2)[nH]c2ccccc12.